The lowest BCUT2D eigenvalue weighted by atomic mass is 10.2. The maximum Gasteiger partial charge on any atom is 0.237 e. The highest BCUT2D eigenvalue weighted by Gasteiger charge is 2.19. The zero-order valence-corrected chi connectivity index (χ0v) is 17.2. The summed E-state index contributed by atoms with van der Waals surface area (Å²) in [6, 6.07) is 8.94. The van der Waals surface area contributed by atoms with Crippen LogP contribution in [0.2, 0.25) is 0 Å². The van der Waals surface area contributed by atoms with Crippen LogP contribution in [0.1, 0.15) is 12.7 Å². The minimum absolute atomic E-state index is 0.170. The molecule has 148 valence electrons. The molecule has 0 aliphatic carbocycles. The molecule has 2 aromatic heterocycles. The van der Waals surface area contributed by atoms with Gasteiger partial charge in [0.1, 0.15) is 17.3 Å². The van der Waals surface area contributed by atoms with Crippen molar-refractivity contribution in [2.45, 2.75) is 23.1 Å². The van der Waals surface area contributed by atoms with Gasteiger partial charge in [-0.1, -0.05) is 23.1 Å². The summed E-state index contributed by atoms with van der Waals surface area (Å²) in [6.07, 6.45) is 1.62. The van der Waals surface area contributed by atoms with E-state index < -0.39 is 0 Å². The molecule has 0 saturated carbocycles. The highest BCUT2D eigenvalue weighted by Crippen LogP contribution is 2.32. The quantitative estimate of drug-likeness (QED) is 0.503. The lowest BCUT2D eigenvalue weighted by Gasteiger charge is -2.14. The van der Waals surface area contributed by atoms with Crippen LogP contribution >= 0.6 is 23.1 Å². The number of hydrogen-bond acceptors (Lipinski definition) is 9. The highest BCUT2D eigenvalue weighted by molar-refractivity contribution is 8.02. The van der Waals surface area contributed by atoms with Gasteiger partial charge < -0.3 is 24.5 Å². The fourth-order valence-electron chi connectivity index (χ4n) is 2.26. The van der Waals surface area contributed by atoms with Gasteiger partial charge >= 0.3 is 0 Å². The predicted molar refractivity (Wildman–Crippen MR) is 109 cm³/mol. The van der Waals surface area contributed by atoms with E-state index in [9.17, 15) is 4.79 Å². The van der Waals surface area contributed by atoms with Crippen LogP contribution in [0.4, 0.5) is 10.8 Å². The average molecular weight is 421 g/mol. The van der Waals surface area contributed by atoms with Crippen molar-refractivity contribution in [1.29, 1.82) is 0 Å². The Morgan fingerprint density at radius 3 is 2.86 bits per heavy atom. The van der Waals surface area contributed by atoms with E-state index in [2.05, 4.69) is 20.8 Å². The van der Waals surface area contributed by atoms with Crippen molar-refractivity contribution in [1.82, 2.24) is 10.2 Å². The first-order valence-corrected chi connectivity index (χ1v) is 10.1. The first-order valence-electron chi connectivity index (χ1n) is 8.38. The first-order chi connectivity index (χ1) is 13.6. The minimum atomic E-state index is -0.373. The summed E-state index contributed by atoms with van der Waals surface area (Å²) in [6.45, 7) is 2.34. The number of carbonyl (C=O) groups is 1. The lowest BCUT2D eigenvalue weighted by molar-refractivity contribution is -0.115. The number of nitrogens with one attached hydrogen (secondary N) is 2. The van der Waals surface area contributed by atoms with Crippen LogP contribution in [0, 0.1) is 0 Å². The molecule has 0 unspecified atom stereocenters. The molecule has 0 aliphatic rings. The third-order valence-corrected chi connectivity index (χ3v) is 5.78. The fourth-order valence-corrected chi connectivity index (χ4v) is 4.15. The van der Waals surface area contributed by atoms with Crippen molar-refractivity contribution in [3.05, 3.63) is 42.4 Å². The Hall–Kier alpha value is -2.72. The first kappa shape index (κ1) is 20.0. The number of ether oxygens (including phenoxy) is 2. The van der Waals surface area contributed by atoms with E-state index in [4.69, 9.17) is 13.9 Å². The van der Waals surface area contributed by atoms with E-state index in [1.807, 2.05) is 19.1 Å². The van der Waals surface area contributed by atoms with Crippen LogP contribution in [0.15, 0.2) is 45.4 Å². The smallest absolute Gasteiger partial charge is 0.237 e. The maximum atomic E-state index is 12.6. The van der Waals surface area contributed by atoms with Crippen molar-refractivity contribution < 1.29 is 18.7 Å². The van der Waals surface area contributed by atoms with E-state index in [1.165, 1.54) is 23.1 Å². The summed E-state index contributed by atoms with van der Waals surface area (Å²) in [5, 5.41) is 14.5. The fraction of sp³-hybridized carbons (Fsp3) is 0.278. The number of methoxy groups -OCH3 is 2. The van der Waals surface area contributed by atoms with Crippen LogP contribution < -0.4 is 20.1 Å². The summed E-state index contributed by atoms with van der Waals surface area (Å²) >= 11 is 2.72. The standard InChI is InChI=1S/C18H20N4O4S2/c1-11(16(23)20-14-9-12(24-2)6-7-15(14)25-3)27-18-22-21-17(28-18)19-10-13-5-4-8-26-13/h4-9,11H,10H2,1-3H3,(H,19,21)(H,20,23)/t11-/m1/s1. The number of thioether (sulfide) groups is 1. The largest absolute Gasteiger partial charge is 0.497 e. The number of amides is 1. The summed E-state index contributed by atoms with van der Waals surface area (Å²) in [4.78, 5) is 12.6. The molecule has 28 heavy (non-hydrogen) atoms. The number of aromatic nitrogens is 2. The van der Waals surface area contributed by atoms with Gasteiger partial charge in [-0.3, -0.25) is 4.79 Å². The Kier molecular flexibility index (Phi) is 6.77. The predicted octanol–water partition coefficient (Wildman–Crippen LogP) is 3.88. The van der Waals surface area contributed by atoms with Gasteiger partial charge in [-0.15, -0.1) is 10.2 Å². The lowest BCUT2D eigenvalue weighted by Crippen LogP contribution is -2.22. The molecule has 8 nitrogen and oxygen atoms in total. The number of nitrogens with zero attached hydrogens (tertiary/aromatic N) is 2. The number of benzene rings is 1. The van der Waals surface area contributed by atoms with Gasteiger partial charge in [0, 0.05) is 6.07 Å². The zero-order valence-electron chi connectivity index (χ0n) is 15.6. The van der Waals surface area contributed by atoms with Gasteiger partial charge in [-0.2, -0.15) is 0 Å². The molecule has 0 fully saturated rings. The molecule has 2 heterocycles. The Bertz CT molecular complexity index is 914. The zero-order chi connectivity index (χ0) is 19.9. The molecule has 1 atom stereocenters. The van der Waals surface area contributed by atoms with Gasteiger partial charge in [0.25, 0.3) is 0 Å². The van der Waals surface area contributed by atoms with Gasteiger partial charge in [-0.25, -0.2) is 0 Å². The molecular formula is C18H20N4O4S2. The van der Waals surface area contributed by atoms with Crippen LogP contribution in [0.25, 0.3) is 0 Å². The molecule has 0 saturated heterocycles. The van der Waals surface area contributed by atoms with Crippen LogP contribution in [0.5, 0.6) is 11.5 Å². The third-order valence-electron chi connectivity index (χ3n) is 3.71. The summed E-state index contributed by atoms with van der Waals surface area (Å²) in [5.74, 6) is 1.83. The van der Waals surface area contributed by atoms with E-state index in [0.29, 0.717) is 33.2 Å². The normalized spacial score (nSPS) is 11.7. The number of carbonyl (C=O) groups excluding carboxylic acids is 1. The second-order valence-corrected chi connectivity index (χ2v) is 8.19. The molecule has 3 aromatic rings. The van der Waals surface area contributed by atoms with Gasteiger partial charge in [0.05, 0.1) is 38.0 Å². The molecule has 0 radical (unpaired) electrons. The Morgan fingerprint density at radius 2 is 2.14 bits per heavy atom. The molecule has 0 spiro atoms. The number of furan rings is 1. The van der Waals surface area contributed by atoms with Crippen molar-refractivity contribution >= 4 is 39.8 Å². The highest BCUT2D eigenvalue weighted by atomic mass is 32.2. The van der Waals surface area contributed by atoms with Gasteiger partial charge in [0.2, 0.25) is 11.0 Å². The second kappa shape index (κ2) is 9.47. The molecular weight excluding hydrogens is 400 g/mol. The van der Waals surface area contributed by atoms with E-state index in [-0.39, 0.29) is 11.2 Å². The van der Waals surface area contributed by atoms with Crippen molar-refractivity contribution in [3.8, 4) is 11.5 Å². The van der Waals surface area contributed by atoms with E-state index in [0.717, 1.165) is 5.76 Å². The van der Waals surface area contributed by atoms with Crippen LogP contribution in [-0.4, -0.2) is 35.6 Å². The SMILES string of the molecule is COc1ccc(OC)c(NC(=O)[C@@H](C)Sc2nnc(NCc3ccco3)s2)c1. The van der Waals surface area contributed by atoms with Crippen LogP contribution in [0.3, 0.4) is 0 Å². The number of hydrogen-bond donors (Lipinski definition) is 2. The molecule has 10 heteroatoms. The Labute approximate surface area is 170 Å². The van der Waals surface area contributed by atoms with Gasteiger partial charge in [0.15, 0.2) is 4.34 Å². The maximum absolute atomic E-state index is 12.6. The Morgan fingerprint density at radius 1 is 1.29 bits per heavy atom. The molecule has 0 aliphatic heterocycles. The van der Waals surface area contributed by atoms with Crippen molar-refractivity contribution in [2.24, 2.45) is 0 Å². The topological polar surface area (TPSA) is 98.5 Å². The van der Waals surface area contributed by atoms with Crippen molar-refractivity contribution in [2.75, 3.05) is 24.9 Å². The molecule has 1 aromatic carbocycles. The van der Waals surface area contributed by atoms with Gasteiger partial charge in [-0.05, 0) is 31.2 Å². The summed E-state index contributed by atoms with van der Waals surface area (Å²) in [5.41, 5.74) is 0.553. The summed E-state index contributed by atoms with van der Waals surface area (Å²) in [7, 11) is 3.12. The summed E-state index contributed by atoms with van der Waals surface area (Å²) < 4.78 is 16.5. The molecule has 1 amide bonds. The third kappa shape index (κ3) is 5.17. The average Bonchev–Trinajstić information content (AvgIpc) is 3.38. The second-order valence-electron chi connectivity index (χ2n) is 5.62. The number of anilines is 2. The number of rotatable bonds is 9. The van der Waals surface area contributed by atoms with E-state index >= 15 is 0 Å². The Balaban J connectivity index is 1.57. The van der Waals surface area contributed by atoms with Crippen molar-refractivity contribution in [3.63, 3.8) is 0 Å². The molecule has 0 bridgehead atoms. The van der Waals surface area contributed by atoms with Crippen LogP contribution in [-0.2, 0) is 11.3 Å². The van der Waals surface area contributed by atoms with E-state index in [1.54, 1.807) is 38.7 Å². The molecule has 3 rings (SSSR count). The molecule has 2 N–H and O–H groups in total. The monoisotopic (exact) mass is 420 g/mol. The minimum Gasteiger partial charge on any atom is -0.497 e.